The number of aryl methyl sites for hydroxylation is 1. The standard InChI is InChI=1S/C23H35N/c1-3-4-5-6-7-8-9-10-13-19-18(2)16-17-21-20-14-11-12-15-22(20)24-23(19)21/h11-12,14-15,18-19,24H,3-10,13,16-17H2,1-2H3. The van der Waals surface area contributed by atoms with Crippen LogP contribution in [0.4, 0.5) is 0 Å². The highest BCUT2D eigenvalue weighted by Gasteiger charge is 2.28. The van der Waals surface area contributed by atoms with Gasteiger partial charge in [-0.25, -0.2) is 0 Å². The molecule has 1 aromatic carbocycles. The summed E-state index contributed by atoms with van der Waals surface area (Å²) in [6.07, 6.45) is 15.3. The Bertz CT molecular complexity index is 624. The van der Waals surface area contributed by atoms with E-state index >= 15 is 0 Å². The van der Waals surface area contributed by atoms with Gasteiger partial charge in [-0.1, -0.05) is 83.4 Å². The second kappa shape index (κ2) is 8.74. The summed E-state index contributed by atoms with van der Waals surface area (Å²) in [4.78, 5) is 3.77. The molecule has 0 saturated heterocycles. The van der Waals surface area contributed by atoms with Crippen molar-refractivity contribution in [3.8, 4) is 0 Å². The zero-order valence-electron chi connectivity index (χ0n) is 15.7. The maximum atomic E-state index is 3.77. The summed E-state index contributed by atoms with van der Waals surface area (Å²) in [7, 11) is 0. The predicted octanol–water partition coefficient (Wildman–Crippen LogP) is 7.36. The number of hydrogen-bond donors (Lipinski definition) is 1. The molecule has 0 aliphatic heterocycles. The van der Waals surface area contributed by atoms with Crippen LogP contribution in [0.5, 0.6) is 0 Å². The summed E-state index contributed by atoms with van der Waals surface area (Å²) in [5.41, 5.74) is 4.53. The van der Waals surface area contributed by atoms with Crippen molar-refractivity contribution >= 4 is 10.9 Å². The molecule has 0 amide bonds. The molecule has 0 bridgehead atoms. The molecule has 2 unspecified atom stereocenters. The van der Waals surface area contributed by atoms with Gasteiger partial charge in [-0.2, -0.15) is 0 Å². The largest absolute Gasteiger partial charge is 0.358 e. The topological polar surface area (TPSA) is 15.8 Å². The van der Waals surface area contributed by atoms with Crippen molar-refractivity contribution in [2.24, 2.45) is 5.92 Å². The molecule has 1 aliphatic carbocycles. The van der Waals surface area contributed by atoms with Crippen LogP contribution in [-0.2, 0) is 6.42 Å². The van der Waals surface area contributed by atoms with Crippen molar-refractivity contribution in [3.05, 3.63) is 35.5 Å². The number of fused-ring (bicyclic) bond motifs is 3. The highest BCUT2D eigenvalue weighted by atomic mass is 14.7. The highest BCUT2D eigenvalue weighted by Crippen LogP contribution is 2.41. The number of rotatable bonds is 9. The molecule has 1 nitrogen and oxygen atoms in total. The van der Waals surface area contributed by atoms with Crippen molar-refractivity contribution in [2.75, 3.05) is 0 Å². The summed E-state index contributed by atoms with van der Waals surface area (Å²) in [5.74, 6) is 1.58. The van der Waals surface area contributed by atoms with Gasteiger partial charge in [-0.3, -0.25) is 0 Å². The molecule has 1 aliphatic rings. The number of benzene rings is 1. The van der Waals surface area contributed by atoms with E-state index in [9.17, 15) is 0 Å². The van der Waals surface area contributed by atoms with Gasteiger partial charge in [-0.05, 0) is 36.8 Å². The smallest absolute Gasteiger partial charge is 0.0459 e. The van der Waals surface area contributed by atoms with Gasteiger partial charge >= 0.3 is 0 Å². The lowest BCUT2D eigenvalue weighted by Crippen LogP contribution is -2.18. The molecule has 2 atom stereocenters. The first-order chi connectivity index (χ1) is 11.8. The van der Waals surface area contributed by atoms with Gasteiger partial charge < -0.3 is 4.98 Å². The van der Waals surface area contributed by atoms with Crippen molar-refractivity contribution in [3.63, 3.8) is 0 Å². The molecule has 24 heavy (non-hydrogen) atoms. The molecular weight excluding hydrogens is 290 g/mol. The molecule has 3 rings (SSSR count). The molecule has 132 valence electrons. The van der Waals surface area contributed by atoms with Crippen LogP contribution in [0.25, 0.3) is 10.9 Å². The van der Waals surface area contributed by atoms with Gasteiger partial charge in [0.1, 0.15) is 0 Å². The zero-order valence-corrected chi connectivity index (χ0v) is 15.7. The van der Waals surface area contributed by atoms with Crippen molar-refractivity contribution < 1.29 is 0 Å². The van der Waals surface area contributed by atoms with Gasteiger partial charge in [0.05, 0.1) is 0 Å². The maximum absolute atomic E-state index is 3.77. The lowest BCUT2D eigenvalue weighted by molar-refractivity contribution is 0.366. The number of nitrogens with one attached hydrogen (secondary N) is 1. The molecule has 0 radical (unpaired) electrons. The van der Waals surface area contributed by atoms with E-state index in [0.717, 1.165) is 11.8 Å². The highest BCUT2D eigenvalue weighted by molar-refractivity contribution is 5.85. The molecule has 0 fully saturated rings. The number of aromatic nitrogens is 1. The third-order valence-corrected chi connectivity index (χ3v) is 6.12. The van der Waals surface area contributed by atoms with Crippen LogP contribution >= 0.6 is 0 Å². The predicted molar refractivity (Wildman–Crippen MR) is 106 cm³/mol. The summed E-state index contributed by atoms with van der Waals surface area (Å²) in [5, 5.41) is 1.47. The van der Waals surface area contributed by atoms with Gasteiger partial charge in [0.2, 0.25) is 0 Å². The van der Waals surface area contributed by atoms with E-state index in [0.29, 0.717) is 0 Å². The third kappa shape index (κ3) is 4.05. The van der Waals surface area contributed by atoms with Gasteiger partial charge in [0.25, 0.3) is 0 Å². The van der Waals surface area contributed by atoms with Crippen LogP contribution in [-0.4, -0.2) is 4.98 Å². The van der Waals surface area contributed by atoms with Crippen LogP contribution < -0.4 is 0 Å². The van der Waals surface area contributed by atoms with E-state index in [1.165, 1.54) is 81.5 Å². The number of para-hydroxylation sites is 1. The third-order valence-electron chi connectivity index (χ3n) is 6.12. The Labute approximate surface area is 148 Å². The van der Waals surface area contributed by atoms with Crippen LogP contribution in [0.3, 0.4) is 0 Å². The van der Waals surface area contributed by atoms with Gasteiger partial charge in [-0.15, -0.1) is 0 Å². The molecule has 1 N–H and O–H groups in total. The van der Waals surface area contributed by atoms with E-state index < -0.39 is 0 Å². The first-order valence-corrected chi connectivity index (χ1v) is 10.4. The van der Waals surface area contributed by atoms with E-state index in [1.807, 2.05) is 0 Å². The van der Waals surface area contributed by atoms with E-state index in [4.69, 9.17) is 0 Å². The minimum Gasteiger partial charge on any atom is -0.358 e. The molecule has 1 heteroatoms. The fourth-order valence-electron chi connectivity index (χ4n) is 4.59. The first-order valence-electron chi connectivity index (χ1n) is 10.4. The minimum atomic E-state index is 0.751. The van der Waals surface area contributed by atoms with Crippen LogP contribution in [0.15, 0.2) is 24.3 Å². The van der Waals surface area contributed by atoms with Crippen LogP contribution in [0, 0.1) is 5.92 Å². The summed E-state index contributed by atoms with van der Waals surface area (Å²) in [6, 6.07) is 8.88. The van der Waals surface area contributed by atoms with Crippen molar-refractivity contribution in [1.29, 1.82) is 0 Å². The van der Waals surface area contributed by atoms with Crippen molar-refractivity contribution in [1.82, 2.24) is 4.98 Å². The van der Waals surface area contributed by atoms with E-state index in [-0.39, 0.29) is 0 Å². The number of aromatic amines is 1. The Hall–Kier alpha value is -1.24. The maximum Gasteiger partial charge on any atom is 0.0459 e. The molecule has 1 heterocycles. The van der Waals surface area contributed by atoms with E-state index in [1.54, 1.807) is 11.3 Å². The monoisotopic (exact) mass is 325 g/mol. The molecule has 2 aromatic rings. The average molecular weight is 326 g/mol. The lowest BCUT2D eigenvalue weighted by atomic mass is 9.76. The first kappa shape index (κ1) is 17.6. The molecular formula is C23H35N. The zero-order chi connectivity index (χ0) is 16.8. The number of hydrogen-bond acceptors (Lipinski definition) is 0. The van der Waals surface area contributed by atoms with Crippen LogP contribution in [0.2, 0.25) is 0 Å². The minimum absolute atomic E-state index is 0.751. The molecule has 1 aromatic heterocycles. The second-order valence-corrected chi connectivity index (χ2v) is 7.95. The lowest BCUT2D eigenvalue weighted by Gasteiger charge is -2.29. The molecule has 0 spiro atoms. The Morgan fingerprint density at radius 3 is 2.46 bits per heavy atom. The quantitative estimate of drug-likeness (QED) is 0.463. The summed E-state index contributed by atoms with van der Waals surface area (Å²) in [6.45, 7) is 4.76. The Morgan fingerprint density at radius 1 is 0.958 bits per heavy atom. The SMILES string of the molecule is CCCCCCCCCCC1c2[nH]c3ccccc3c2CCC1C. The average Bonchev–Trinajstić information content (AvgIpc) is 2.97. The Morgan fingerprint density at radius 2 is 1.67 bits per heavy atom. The number of unbranched alkanes of at least 4 members (excludes halogenated alkanes) is 7. The second-order valence-electron chi connectivity index (χ2n) is 7.95. The number of H-pyrrole nitrogens is 1. The van der Waals surface area contributed by atoms with Gasteiger partial charge in [0, 0.05) is 22.5 Å². The summed E-state index contributed by atoms with van der Waals surface area (Å²) < 4.78 is 0. The van der Waals surface area contributed by atoms with Crippen LogP contribution in [0.1, 0.15) is 95.2 Å². The van der Waals surface area contributed by atoms with Gasteiger partial charge in [0.15, 0.2) is 0 Å². The Kier molecular flexibility index (Phi) is 6.40. The van der Waals surface area contributed by atoms with E-state index in [2.05, 4.69) is 43.1 Å². The fraction of sp³-hybridized carbons (Fsp3) is 0.652. The normalized spacial score (nSPS) is 20.4. The summed E-state index contributed by atoms with van der Waals surface area (Å²) >= 11 is 0. The molecule has 0 saturated carbocycles. The Balaban J connectivity index is 1.53. The fourth-order valence-corrected chi connectivity index (χ4v) is 4.59. The van der Waals surface area contributed by atoms with Crippen molar-refractivity contribution in [2.45, 2.75) is 90.4 Å².